The first-order valence-electron chi connectivity index (χ1n) is 21.1. The van der Waals surface area contributed by atoms with Gasteiger partial charge in [0, 0.05) is 55.7 Å². The lowest BCUT2D eigenvalue weighted by molar-refractivity contribution is 0.660. The Hall–Kier alpha value is -7.30. The number of fused-ring (bicyclic) bond motifs is 9. The second-order valence-corrected chi connectivity index (χ2v) is 17.2. The second kappa shape index (κ2) is 13.9. The molecule has 296 valence electrons. The molecule has 0 saturated heterocycles. The van der Waals surface area contributed by atoms with Crippen LogP contribution in [0.4, 0.5) is 34.1 Å². The van der Waals surface area contributed by atoms with Gasteiger partial charge in [-0.15, -0.1) is 0 Å². The minimum atomic E-state index is 0.864. The smallest absolute Gasteiger partial charge is 0.139 e. The van der Waals surface area contributed by atoms with Crippen LogP contribution in [-0.4, -0.2) is 0 Å². The Labute approximate surface area is 355 Å². The van der Waals surface area contributed by atoms with Crippen molar-refractivity contribution in [2.45, 2.75) is 48.5 Å². The Bertz CT molecular complexity index is 3550. The van der Waals surface area contributed by atoms with Gasteiger partial charge in [-0.3, -0.25) is 0 Å². The molecular weight excluding hydrogens is 745 g/mol. The van der Waals surface area contributed by atoms with Gasteiger partial charge in [-0.25, -0.2) is 0 Å². The third-order valence-electron chi connectivity index (χ3n) is 12.6. The second-order valence-electron chi connectivity index (χ2n) is 17.2. The first-order valence-corrected chi connectivity index (χ1v) is 21.1. The Kier molecular flexibility index (Phi) is 8.37. The van der Waals surface area contributed by atoms with Gasteiger partial charge < -0.3 is 18.6 Å². The van der Waals surface area contributed by atoms with Gasteiger partial charge in [0.05, 0.1) is 0 Å². The molecule has 61 heavy (non-hydrogen) atoms. The molecule has 0 amide bonds. The quantitative estimate of drug-likeness (QED) is 0.168. The van der Waals surface area contributed by atoms with E-state index in [0.717, 1.165) is 93.7 Å². The van der Waals surface area contributed by atoms with Crippen LogP contribution >= 0.6 is 0 Å². The van der Waals surface area contributed by atoms with Crippen LogP contribution in [-0.2, 0) is 0 Å². The molecule has 0 radical (unpaired) electrons. The zero-order valence-corrected chi connectivity index (χ0v) is 35.6. The van der Waals surface area contributed by atoms with Crippen LogP contribution in [0, 0.1) is 48.5 Å². The maximum Gasteiger partial charge on any atom is 0.139 e. The van der Waals surface area contributed by atoms with E-state index >= 15 is 0 Å². The minimum Gasteiger partial charge on any atom is -0.456 e. The van der Waals surface area contributed by atoms with Crippen LogP contribution < -0.4 is 9.80 Å². The number of hydrogen-bond acceptors (Lipinski definition) is 4. The molecule has 0 aliphatic heterocycles. The summed E-state index contributed by atoms with van der Waals surface area (Å²) in [5.74, 6) is 0. The highest BCUT2D eigenvalue weighted by molar-refractivity contribution is 6.28. The summed E-state index contributed by atoms with van der Waals surface area (Å²) in [6.07, 6.45) is 0. The maximum atomic E-state index is 6.81. The molecule has 0 aliphatic rings. The average molecular weight is 791 g/mol. The van der Waals surface area contributed by atoms with Crippen molar-refractivity contribution in [1.29, 1.82) is 0 Å². The summed E-state index contributed by atoms with van der Waals surface area (Å²) < 4.78 is 13.6. The van der Waals surface area contributed by atoms with E-state index in [9.17, 15) is 0 Å². The van der Waals surface area contributed by atoms with Crippen molar-refractivity contribution in [3.8, 4) is 0 Å². The fourth-order valence-electron chi connectivity index (χ4n) is 9.26. The van der Waals surface area contributed by atoms with E-state index in [4.69, 9.17) is 8.83 Å². The van der Waals surface area contributed by atoms with E-state index in [1.54, 1.807) is 0 Å². The van der Waals surface area contributed by atoms with Crippen molar-refractivity contribution in [3.63, 3.8) is 0 Å². The van der Waals surface area contributed by atoms with Crippen molar-refractivity contribution in [2.24, 2.45) is 0 Å². The number of rotatable bonds is 6. The molecule has 0 aliphatic carbocycles. The normalized spacial score (nSPS) is 11.9. The number of anilines is 6. The molecule has 0 spiro atoms. The zero-order valence-electron chi connectivity index (χ0n) is 35.6. The van der Waals surface area contributed by atoms with Gasteiger partial charge in [0.2, 0.25) is 0 Å². The van der Waals surface area contributed by atoms with Gasteiger partial charge in [-0.05, 0) is 189 Å². The largest absolute Gasteiger partial charge is 0.456 e. The lowest BCUT2D eigenvalue weighted by atomic mass is 9.99. The lowest BCUT2D eigenvalue weighted by Gasteiger charge is -2.28. The fourth-order valence-corrected chi connectivity index (χ4v) is 9.26. The topological polar surface area (TPSA) is 32.8 Å². The van der Waals surface area contributed by atoms with Crippen molar-refractivity contribution in [3.05, 3.63) is 191 Å². The first kappa shape index (κ1) is 36.8. The molecule has 0 unspecified atom stereocenters. The molecule has 0 atom stereocenters. The summed E-state index contributed by atoms with van der Waals surface area (Å²) in [5, 5.41) is 8.94. The molecule has 4 heteroatoms. The van der Waals surface area contributed by atoms with E-state index in [-0.39, 0.29) is 0 Å². The molecule has 9 aromatic carbocycles. The summed E-state index contributed by atoms with van der Waals surface area (Å²) in [6.45, 7) is 15.1. The third kappa shape index (κ3) is 6.13. The Morgan fingerprint density at radius 1 is 0.311 bits per heavy atom. The van der Waals surface area contributed by atoms with Gasteiger partial charge in [-0.1, -0.05) is 71.8 Å². The maximum absolute atomic E-state index is 6.81. The number of nitrogens with zero attached hydrogens (tertiary/aromatic N) is 2. The van der Waals surface area contributed by atoms with E-state index < -0.39 is 0 Å². The van der Waals surface area contributed by atoms with Crippen LogP contribution in [0.5, 0.6) is 0 Å². The summed E-state index contributed by atoms with van der Waals surface area (Å²) >= 11 is 0. The molecule has 0 N–H and O–H groups in total. The fraction of sp³-hybridized carbons (Fsp3) is 0.123. The summed E-state index contributed by atoms with van der Waals surface area (Å²) in [6, 6.07) is 55.6. The summed E-state index contributed by atoms with van der Waals surface area (Å²) in [5.41, 5.74) is 18.7. The van der Waals surface area contributed by atoms with Gasteiger partial charge in [0.1, 0.15) is 22.3 Å². The Morgan fingerprint density at radius 2 is 0.754 bits per heavy atom. The van der Waals surface area contributed by atoms with Crippen molar-refractivity contribution in [2.75, 3.05) is 9.80 Å². The van der Waals surface area contributed by atoms with Crippen molar-refractivity contribution < 1.29 is 8.83 Å². The number of hydrogen-bond donors (Lipinski definition) is 0. The third-order valence-corrected chi connectivity index (χ3v) is 12.6. The molecule has 0 saturated carbocycles. The van der Waals surface area contributed by atoms with Crippen LogP contribution in [0.2, 0.25) is 0 Å². The SMILES string of the molecule is Cc1ccc(N(c2ccc3cc4c(cc3c2)oc2cc(C)c3oc5cc6cc(N(c7ccc(C)cc7)c7cc(C)ccc7C)ccc6cc5c3c24)c2cc(C)ccc2C)cc1. The molecule has 2 heterocycles. The van der Waals surface area contributed by atoms with Crippen LogP contribution in [0.15, 0.2) is 160 Å². The average Bonchev–Trinajstić information content (AvgIpc) is 3.80. The first-order chi connectivity index (χ1) is 29.6. The Morgan fingerprint density at radius 3 is 1.26 bits per heavy atom. The van der Waals surface area contributed by atoms with Gasteiger partial charge >= 0.3 is 0 Å². The van der Waals surface area contributed by atoms with Gasteiger partial charge in [-0.2, -0.15) is 0 Å². The molecule has 4 nitrogen and oxygen atoms in total. The highest BCUT2D eigenvalue weighted by Gasteiger charge is 2.22. The summed E-state index contributed by atoms with van der Waals surface area (Å²) in [4.78, 5) is 4.73. The number of furan rings is 2. The van der Waals surface area contributed by atoms with Gasteiger partial charge in [0.15, 0.2) is 0 Å². The summed E-state index contributed by atoms with van der Waals surface area (Å²) in [7, 11) is 0. The lowest BCUT2D eigenvalue weighted by Crippen LogP contribution is -2.11. The molecule has 11 aromatic rings. The standard InChI is InChI=1S/C57H46N2O2/c1-33-10-18-44(19-11-33)58(50-24-35(3)8-14-37(50)5)46-22-16-40-29-48-52(31-42(40)27-46)60-54-26-39(7)57-56(55(48)54)49-30-41-17-23-47(28-43(41)32-53(49)61-57)59(45-20-12-34(2)13-21-45)51-25-36(4)9-15-38(51)6/h8-32H,1-7H3. The molecule has 2 aromatic heterocycles. The minimum absolute atomic E-state index is 0.864. The molecular formula is C57H46N2O2. The van der Waals surface area contributed by atoms with Gasteiger partial charge in [0.25, 0.3) is 0 Å². The Balaban J connectivity index is 1.06. The number of benzene rings is 9. The zero-order chi connectivity index (χ0) is 41.7. The highest BCUT2D eigenvalue weighted by Crippen LogP contribution is 2.46. The van der Waals surface area contributed by atoms with Crippen LogP contribution in [0.1, 0.15) is 38.9 Å². The molecule has 0 bridgehead atoms. The predicted molar refractivity (Wildman–Crippen MR) is 259 cm³/mol. The van der Waals surface area contributed by atoms with Crippen LogP contribution in [0.25, 0.3) is 65.4 Å². The highest BCUT2D eigenvalue weighted by atomic mass is 16.3. The predicted octanol–water partition coefficient (Wildman–Crippen LogP) is 16.9. The van der Waals surface area contributed by atoms with E-state index in [0.29, 0.717) is 0 Å². The monoisotopic (exact) mass is 790 g/mol. The van der Waals surface area contributed by atoms with Crippen LogP contribution in [0.3, 0.4) is 0 Å². The van der Waals surface area contributed by atoms with E-state index in [2.05, 4.69) is 210 Å². The van der Waals surface area contributed by atoms with Crippen molar-refractivity contribution in [1.82, 2.24) is 0 Å². The van der Waals surface area contributed by atoms with E-state index in [1.807, 2.05) is 0 Å². The molecule has 11 rings (SSSR count). The van der Waals surface area contributed by atoms with E-state index in [1.165, 1.54) is 44.8 Å². The molecule has 0 fully saturated rings. The number of aryl methyl sites for hydroxylation is 7. The van der Waals surface area contributed by atoms with Crippen molar-refractivity contribution >= 4 is 99.5 Å².